The molecule has 3 N–H and O–H groups in total. The average molecular weight is 398 g/mol. The van der Waals surface area contributed by atoms with Crippen molar-refractivity contribution in [2.24, 2.45) is 5.73 Å². The Labute approximate surface area is 167 Å². The van der Waals surface area contributed by atoms with Gasteiger partial charge < -0.3 is 20.4 Å². The second-order valence-corrected chi connectivity index (χ2v) is 7.25. The highest BCUT2D eigenvalue weighted by Crippen LogP contribution is 2.32. The first kappa shape index (κ1) is 18.4. The number of nitrogens with zero attached hydrogens (tertiary/aromatic N) is 1. The van der Waals surface area contributed by atoms with Crippen molar-refractivity contribution in [1.82, 2.24) is 9.88 Å². The maximum atomic E-state index is 13.2. The number of nitrogens with one attached hydrogen (secondary N) is 1. The molecule has 0 aliphatic carbocycles. The van der Waals surface area contributed by atoms with Gasteiger partial charge in [-0.15, -0.1) is 0 Å². The summed E-state index contributed by atoms with van der Waals surface area (Å²) < 4.78 is 5.48. The number of benzene rings is 2. The molecule has 0 fully saturated rings. The van der Waals surface area contributed by atoms with E-state index in [0.717, 1.165) is 34.9 Å². The Balaban J connectivity index is 1.71. The summed E-state index contributed by atoms with van der Waals surface area (Å²) in [6, 6.07) is 11.0. The van der Waals surface area contributed by atoms with E-state index >= 15 is 0 Å². The number of amides is 2. The first-order valence-electron chi connectivity index (χ1n) is 9.04. The third-order valence-electron chi connectivity index (χ3n) is 5.17. The molecule has 0 saturated heterocycles. The SMILES string of the molecule is COc1cc(C(N)=O)cc2c1CN(C(=O)c1[nH]c3ccccc3c1Cl)CCC2. The summed E-state index contributed by atoms with van der Waals surface area (Å²) >= 11 is 6.47. The monoisotopic (exact) mass is 397 g/mol. The number of hydrogen-bond donors (Lipinski definition) is 2. The maximum Gasteiger partial charge on any atom is 0.272 e. The molecule has 2 aromatic carbocycles. The van der Waals surface area contributed by atoms with E-state index in [1.165, 1.54) is 0 Å². The first-order valence-corrected chi connectivity index (χ1v) is 9.42. The molecule has 144 valence electrons. The second kappa shape index (κ2) is 7.20. The van der Waals surface area contributed by atoms with Crippen LogP contribution < -0.4 is 10.5 Å². The maximum absolute atomic E-state index is 13.2. The number of hydrogen-bond acceptors (Lipinski definition) is 3. The molecule has 1 aliphatic rings. The average Bonchev–Trinajstić information content (AvgIpc) is 2.88. The van der Waals surface area contributed by atoms with Crippen molar-refractivity contribution in [3.8, 4) is 5.75 Å². The number of carbonyl (C=O) groups excluding carboxylic acids is 2. The van der Waals surface area contributed by atoms with Gasteiger partial charge in [0.2, 0.25) is 5.91 Å². The van der Waals surface area contributed by atoms with Crippen molar-refractivity contribution >= 4 is 34.3 Å². The fraction of sp³-hybridized carbons (Fsp3) is 0.238. The minimum Gasteiger partial charge on any atom is -0.496 e. The van der Waals surface area contributed by atoms with Crippen LogP contribution in [0.5, 0.6) is 5.75 Å². The number of aryl methyl sites for hydroxylation is 1. The molecule has 3 aromatic rings. The lowest BCUT2D eigenvalue weighted by molar-refractivity contribution is 0.0740. The fourth-order valence-corrected chi connectivity index (χ4v) is 4.04. The molecule has 0 unspecified atom stereocenters. The number of aromatic nitrogens is 1. The Morgan fingerprint density at radius 3 is 2.75 bits per heavy atom. The lowest BCUT2D eigenvalue weighted by atomic mass is 9.99. The molecule has 0 bridgehead atoms. The van der Waals surface area contributed by atoms with Gasteiger partial charge in [-0.3, -0.25) is 9.59 Å². The molecule has 0 radical (unpaired) electrons. The Morgan fingerprint density at radius 2 is 2.04 bits per heavy atom. The van der Waals surface area contributed by atoms with E-state index in [-0.39, 0.29) is 5.91 Å². The molecule has 4 rings (SSSR count). The Morgan fingerprint density at radius 1 is 1.25 bits per heavy atom. The van der Waals surface area contributed by atoms with Crippen molar-refractivity contribution in [3.05, 3.63) is 63.8 Å². The highest BCUT2D eigenvalue weighted by Gasteiger charge is 2.26. The van der Waals surface area contributed by atoms with E-state index < -0.39 is 5.91 Å². The summed E-state index contributed by atoms with van der Waals surface area (Å²) in [6.07, 6.45) is 1.50. The predicted octanol–water partition coefficient (Wildman–Crippen LogP) is 3.52. The van der Waals surface area contributed by atoms with Gasteiger partial charge in [-0.2, -0.15) is 0 Å². The fourth-order valence-electron chi connectivity index (χ4n) is 3.75. The van der Waals surface area contributed by atoms with Crippen LogP contribution in [0.4, 0.5) is 0 Å². The Kier molecular flexibility index (Phi) is 4.73. The molecule has 28 heavy (non-hydrogen) atoms. The Bertz CT molecular complexity index is 1090. The van der Waals surface area contributed by atoms with Crippen LogP contribution in [0.2, 0.25) is 5.02 Å². The number of rotatable bonds is 3. The van der Waals surface area contributed by atoms with Gasteiger partial charge in [0, 0.05) is 35.1 Å². The molecule has 1 aromatic heterocycles. The molecule has 6 nitrogen and oxygen atoms in total. The normalized spacial score (nSPS) is 13.9. The predicted molar refractivity (Wildman–Crippen MR) is 108 cm³/mol. The number of primary amides is 1. The zero-order valence-corrected chi connectivity index (χ0v) is 16.2. The van der Waals surface area contributed by atoms with Crippen molar-refractivity contribution < 1.29 is 14.3 Å². The van der Waals surface area contributed by atoms with Crippen LogP contribution in [0.25, 0.3) is 10.9 Å². The van der Waals surface area contributed by atoms with Crippen molar-refractivity contribution in [1.29, 1.82) is 0 Å². The third-order valence-corrected chi connectivity index (χ3v) is 5.57. The molecule has 7 heteroatoms. The number of methoxy groups -OCH3 is 1. The van der Waals surface area contributed by atoms with Gasteiger partial charge in [0.25, 0.3) is 5.91 Å². The third kappa shape index (κ3) is 3.10. The molecule has 2 heterocycles. The zero-order chi connectivity index (χ0) is 19.8. The Hall–Kier alpha value is -2.99. The van der Waals surface area contributed by atoms with Crippen LogP contribution in [0.1, 0.15) is 38.4 Å². The van der Waals surface area contributed by atoms with Gasteiger partial charge in [0.15, 0.2) is 0 Å². The highest BCUT2D eigenvalue weighted by atomic mass is 35.5. The number of carbonyl (C=O) groups is 2. The summed E-state index contributed by atoms with van der Waals surface area (Å²) in [6.45, 7) is 0.955. The van der Waals surface area contributed by atoms with Crippen LogP contribution in [-0.4, -0.2) is 35.4 Å². The standard InChI is InChI=1S/C21H20ClN3O3/c1-28-17-10-13(20(23)26)9-12-5-4-8-25(11-15(12)17)21(27)19-18(22)14-6-2-3-7-16(14)24-19/h2-3,6-7,9-10,24H,4-5,8,11H2,1H3,(H2,23,26). The second-order valence-electron chi connectivity index (χ2n) is 6.87. The topological polar surface area (TPSA) is 88.4 Å². The van der Waals surface area contributed by atoms with E-state index in [1.54, 1.807) is 24.1 Å². The molecule has 0 saturated carbocycles. The van der Waals surface area contributed by atoms with Crippen molar-refractivity contribution in [2.75, 3.05) is 13.7 Å². The highest BCUT2D eigenvalue weighted by molar-refractivity contribution is 6.38. The summed E-state index contributed by atoms with van der Waals surface area (Å²) in [5.41, 5.74) is 8.94. The van der Waals surface area contributed by atoms with E-state index in [2.05, 4.69) is 4.98 Å². The van der Waals surface area contributed by atoms with Gasteiger partial charge in [-0.05, 0) is 36.6 Å². The molecular formula is C21H20ClN3O3. The number of nitrogens with two attached hydrogens (primary N) is 1. The molecule has 1 aliphatic heterocycles. The number of para-hydroxylation sites is 1. The van der Waals surface area contributed by atoms with Gasteiger partial charge in [-0.25, -0.2) is 0 Å². The van der Waals surface area contributed by atoms with Gasteiger partial charge >= 0.3 is 0 Å². The lowest BCUT2D eigenvalue weighted by Crippen LogP contribution is -2.31. The number of fused-ring (bicyclic) bond motifs is 2. The number of halogens is 1. The van der Waals surface area contributed by atoms with Gasteiger partial charge in [-0.1, -0.05) is 29.8 Å². The first-order chi connectivity index (χ1) is 13.5. The number of H-pyrrole nitrogens is 1. The van der Waals surface area contributed by atoms with E-state index in [1.807, 2.05) is 24.3 Å². The minimum atomic E-state index is -0.497. The van der Waals surface area contributed by atoms with E-state index in [4.69, 9.17) is 22.1 Å². The van der Waals surface area contributed by atoms with Gasteiger partial charge in [0.05, 0.1) is 12.1 Å². The van der Waals surface area contributed by atoms with Crippen LogP contribution in [0, 0.1) is 0 Å². The molecule has 2 amide bonds. The summed E-state index contributed by atoms with van der Waals surface area (Å²) in [7, 11) is 1.55. The van der Waals surface area contributed by atoms with E-state index in [0.29, 0.717) is 35.1 Å². The molecular weight excluding hydrogens is 378 g/mol. The minimum absolute atomic E-state index is 0.157. The smallest absolute Gasteiger partial charge is 0.272 e. The number of aromatic amines is 1. The summed E-state index contributed by atoms with van der Waals surface area (Å²) in [5.74, 6) is -0.0908. The summed E-state index contributed by atoms with van der Waals surface area (Å²) in [4.78, 5) is 29.7. The quantitative estimate of drug-likeness (QED) is 0.708. The van der Waals surface area contributed by atoms with E-state index in [9.17, 15) is 9.59 Å². The molecule has 0 spiro atoms. The lowest BCUT2D eigenvalue weighted by Gasteiger charge is -2.22. The van der Waals surface area contributed by atoms with Crippen molar-refractivity contribution in [3.63, 3.8) is 0 Å². The zero-order valence-electron chi connectivity index (χ0n) is 15.4. The van der Waals surface area contributed by atoms with Gasteiger partial charge in [0.1, 0.15) is 11.4 Å². The largest absolute Gasteiger partial charge is 0.496 e. The summed E-state index contributed by atoms with van der Waals surface area (Å²) in [5, 5.41) is 1.26. The van der Waals surface area contributed by atoms with Crippen molar-refractivity contribution in [2.45, 2.75) is 19.4 Å². The van der Waals surface area contributed by atoms with Crippen LogP contribution in [0.15, 0.2) is 36.4 Å². The van der Waals surface area contributed by atoms with Crippen LogP contribution >= 0.6 is 11.6 Å². The van der Waals surface area contributed by atoms with Crippen LogP contribution in [0.3, 0.4) is 0 Å². The number of ether oxygens (including phenoxy) is 1. The van der Waals surface area contributed by atoms with Crippen LogP contribution in [-0.2, 0) is 13.0 Å². The molecule has 0 atom stereocenters.